The lowest BCUT2D eigenvalue weighted by Crippen LogP contribution is -2.53. The average molecular weight is 974 g/mol. The number of phenolic OH excluding ortho intramolecular Hbond substituents is 1. The van der Waals surface area contributed by atoms with Crippen molar-refractivity contribution >= 4 is 91.3 Å². The lowest BCUT2D eigenvalue weighted by molar-refractivity contribution is -0.139. The van der Waals surface area contributed by atoms with E-state index in [0.29, 0.717) is 55.0 Å². The Kier molecular flexibility index (Phi) is 10.9. The first-order valence-electron chi connectivity index (χ1n) is 20.0. The monoisotopic (exact) mass is 971 g/mol. The van der Waals surface area contributed by atoms with Gasteiger partial charge in [-0.05, 0) is 109 Å². The number of halogens is 6. The van der Waals surface area contributed by atoms with Gasteiger partial charge in [0, 0.05) is 47.0 Å². The van der Waals surface area contributed by atoms with Crippen LogP contribution in [0.15, 0.2) is 130 Å². The zero-order chi connectivity index (χ0) is 45.4. The Morgan fingerprint density at radius 2 is 1.52 bits per heavy atom. The summed E-state index contributed by atoms with van der Waals surface area (Å²) in [5.41, 5.74) is 3.24. The van der Waals surface area contributed by atoms with Crippen molar-refractivity contribution in [2.75, 3.05) is 29.3 Å². The largest absolute Gasteiger partial charge is 0.508 e. The second kappa shape index (κ2) is 16.2. The summed E-state index contributed by atoms with van der Waals surface area (Å²) in [5.74, 6) is -8.07. The number of alkyl halides is 3. The van der Waals surface area contributed by atoms with Crippen LogP contribution in [0.2, 0.25) is 10.0 Å². The Hall–Kier alpha value is -6.10. The number of fused-ring (bicyclic) bond motifs is 4. The van der Waals surface area contributed by atoms with Gasteiger partial charge in [-0.15, -0.1) is 0 Å². The summed E-state index contributed by atoms with van der Waals surface area (Å²) in [6.07, 6.45) is -2.40. The van der Waals surface area contributed by atoms with Crippen molar-refractivity contribution in [1.82, 2.24) is 9.99 Å². The van der Waals surface area contributed by atoms with Crippen LogP contribution in [-0.2, 0) is 30.8 Å². The number of hydrazine groups is 1. The molecule has 2 saturated heterocycles. The molecule has 2 N–H and O–H groups in total. The smallest absolute Gasteiger partial charge is 0.417 e. The number of carbonyl (C=O) groups is 4. The summed E-state index contributed by atoms with van der Waals surface area (Å²) in [7, 11) is 3.87. The molecule has 2 aliphatic heterocycles. The van der Waals surface area contributed by atoms with Gasteiger partial charge in [-0.1, -0.05) is 62.9 Å². The lowest BCUT2D eigenvalue weighted by Gasteiger charge is -2.50. The summed E-state index contributed by atoms with van der Waals surface area (Å²) in [6, 6.07) is 25.7. The molecule has 3 fully saturated rings. The standard InChI is InChI=1S/C46H35BrCl2F3N7O5/c1-57(2)29-12-8-27(9-13-29)54-55-28-10-14-30(15-11-28)58-41(61)32-17-16-31-33(38(32)43(58)63)21-35-42(62)59(56-40-36(49)19-24(22-53-40)46(50,51)52)44(64)45(35,23-3-6-26(48)7-4-23)39(31)34-20-25(47)5-18-37(34)60/h3-16,18-20,22,32-33,35,38-39,60H,17,21H2,1-2H3,(H,53,56). The lowest BCUT2D eigenvalue weighted by atomic mass is 9.49. The highest BCUT2D eigenvalue weighted by molar-refractivity contribution is 9.10. The van der Waals surface area contributed by atoms with Crippen molar-refractivity contribution in [3.05, 3.63) is 146 Å². The quantitative estimate of drug-likeness (QED) is 0.0887. The Balaban J connectivity index is 1.11. The van der Waals surface area contributed by atoms with Gasteiger partial charge in [-0.25, -0.2) is 4.98 Å². The molecule has 4 aliphatic rings. The van der Waals surface area contributed by atoms with Crippen LogP contribution >= 0.6 is 39.1 Å². The number of phenols is 1. The van der Waals surface area contributed by atoms with Crippen LogP contribution in [0.3, 0.4) is 0 Å². The summed E-state index contributed by atoms with van der Waals surface area (Å²) in [5, 5.41) is 20.8. The van der Waals surface area contributed by atoms with E-state index in [4.69, 9.17) is 23.2 Å². The predicted octanol–water partition coefficient (Wildman–Crippen LogP) is 10.5. The number of rotatable bonds is 8. The third-order valence-electron chi connectivity index (χ3n) is 12.6. The molecule has 0 radical (unpaired) electrons. The number of azo groups is 1. The van der Waals surface area contributed by atoms with E-state index in [0.717, 1.165) is 10.6 Å². The molecule has 0 spiro atoms. The number of amides is 4. The van der Waals surface area contributed by atoms with Gasteiger partial charge in [0.25, 0.3) is 11.8 Å². The highest BCUT2D eigenvalue weighted by Crippen LogP contribution is 2.65. The summed E-state index contributed by atoms with van der Waals surface area (Å²) < 4.78 is 41.2. The predicted molar refractivity (Wildman–Crippen MR) is 237 cm³/mol. The van der Waals surface area contributed by atoms with Crippen LogP contribution < -0.4 is 15.2 Å². The van der Waals surface area contributed by atoms with Crippen molar-refractivity contribution in [2.45, 2.75) is 30.4 Å². The number of nitrogens with one attached hydrogen (secondary N) is 1. The van der Waals surface area contributed by atoms with Gasteiger partial charge in [-0.2, -0.15) is 28.4 Å². The van der Waals surface area contributed by atoms with E-state index in [9.17, 15) is 32.7 Å². The minimum atomic E-state index is -4.77. The normalized spacial score (nSPS) is 24.2. The number of hydrogen-bond acceptors (Lipinski definition) is 10. The van der Waals surface area contributed by atoms with Crippen LogP contribution in [0, 0.1) is 23.7 Å². The Morgan fingerprint density at radius 1 is 0.859 bits per heavy atom. The van der Waals surface area contributed by atoms with Gasteiger partial charge < -0.3 is 10.0 Å². The van der Waals surface area contributed by atoms with Gasteiger partial charge in [0.05, 0.1) is 50.8 Å². The SMILES string of the molecule is CN(C)c1ccc(N=Nc2ccc(N3C(=O)C4CC=C5C(CC6C(=O)N(Nc7ncc(C(F)(F)F)cc7Cl)C(=O)C6(c6ccc(Cl)cc6)C5c5cc(Br)ccc5O)C4C3=O)cc2)cc1. The number of allylic oxidation sites excluding steroid dienone is 2. The molecule has 2 aliphatic carbocycles. The third kappa shape index (κ3) is 7.11. The molecule has 9 rings (SSSR count). The number of carbonyl (C=O) groups excluding carboxylic acids is 4. The fourth-order valence-corrected chi connectivity index (χ4v) is 10.5. The van der Waals surface area contributed by atoms with Crippen LogP contribution in [-0.4, -0.2) is 52.8 Å². The number of imide groups is 2. The topological polar surface area (TPSA) is 148 Å². The van der Waals surface area contributed by atoms with Crippen molar-refractivity contribution in [2.24, 2.45) is 33.9 Å². The van der Waals surface area contributed by atoms with E-state index in [-0.39, 0.29) is 24.2 Å². The zero-order valence-corrected chi connectivity index (χ0v) is 36.8. The molecule has 6 unspecified atom stereocenters. The molecule has 18 heteroatoms. The first-order chi connectivity index (χ1) is 30.5. The minimum absolute atomic E-state index is 0.0977. The summed E-state index contributed by atoms with van der Waals surface area (Å²) >= 11 is 16.2. The number of anilines is 3. The van der Waals surface area contributed by atoms with Crippen LogP contribution in [0.1, 0.15) is 35.4 Å². The maximum absolute atomic E-state index is 15.4. The Labute approximate surface area is 382 Å². The number of pyridine rings is 1. The van der Waals surface area contributed by atoms with Gasteiger partial charge in [0.15, 0.2) is 5.82 Å². The van der Waals surface area contributed by atoms with Crippen molar-refractivity contribution in [1.29, 1.82) is 0 Å². The fourth-order valence-electron chi connectivity index (χ4n) is 9.74. The van der Waals surface area contributed by atoms with E-state index < -0.39 is 81.2 Å². The van der Waals surface area contributed by atoms with E-state index in [1.807, 2.05) is 49.3 Å². The third-order valence-corrected chi connectivity index (χ3v) is 13.6. The number of benzene rings is 4. The van der Waals surface area contributed by atoms with Gasteiger partial charge in [0.1, 0.15) is 5.75 Å². The average Bonchev–Trinajstić information content (AvgIpc) is 3.65. The Morgan fingerprint density at radius 3 is 2.14 bits per heavy atom. The number of nitrogens with zero attached hydrogens (tertiary/aromatic N) is 6. The molecule has 5 aromatic rings. The van der Waals surface area contributed by atoms with Crippen LogP contribution in [0.25, 0.3) is 0 Å². The molecule has 1 saturated carbocycles. The minimum Gasteiger partial charge on any atom is -0.508 e. The Bertz CT molecular complexity index is 2810. The van der Waals surface area contributed by atoms with E-state index in [1.54, 1.807) is 60.7 Å². The first kappa shape index (κ1) is 43.2. The molecule has 64 heavy (non-hydrogen) atoms. The summed E-state index contributed by atoms with van der Waals surface area (Å²) in [4.78, 5) is 66.4. The molecular formula is C46H35BrCl2F3N7O5. The molecule has 3 heterocycles. The molecule has 6 atom stereocenters. The highest BCUT2D eigenvalue weighted by atomic mass is 79.9. The molecule has 1 aromatic heterocycles. The maximum atomic E-state index is 15.4. The fraction of sp³-hybridized carbons (Fsp3) is 0.239. The number of hydrogen-bond donors (Lipinski definition) is 2. The van der Waals surface area contributed by atoms with Crippen molar-refractivity contribution in [3.63, 3.8) is 0 Å². The van der Waals surface area contributed by atoms with E-state index in [2.05, 4.69) is 36.6 Å². The first-order valence-corrected chi connectivity index (χ1v) is 21.5. The van der Waals surface area contributed by atoms with Crippen LogP contribution in [0.5, 0.6) is 5.75 Å². The maximum Gasteiger partial charge on any atom is 0.417 e. The van der Waals surface area contributed by atoms with Gasteiger partial charge in [0.2, 0.25) is 11.8 Å². The molecule has 326 valence electrons. The number of aromatic nitrogens is 1. The van der Waals surface area contributed by atoms with Gasteiger partial charge in [-0.3, -0.25) is 29.5 Å². The summed E-state index contributed by atoms with van der Waals surface area (Å²) in [6.45, 7) is 0. The molecule has 4 aromatic carbocycles. The van der Waals surface area contributed by atoms with Crippen molar-refractivity contribution < 1.29 is 37.5 Å². The van der Waals surface area contributed by atoms with Crippen molar-refractivity contribution in [3.8, 4) is 5.75 Å². The van der Waals surface area contributed by atoms with Crippen LogP contribution in [0.4, 0.5) is 41.7 Å². The second-order valence-corrected chi connectivity index (χ2v) is 18.0. The molecule has 4 amide bonds. The highest BCUT2D eigenvalue weighted by Gasteiger charge is 2.70. The van der Waals surface area contributed by atoms with Gasteiger partial charge >= 0.3 is 6.18 Å². The number of aromatic hydroxyl groups is 1. The second-order valence-electron chi connectivity index (χ2n) is 16.3. The van der Waals surface area contributed by atoms with E-state index >= 15 is 4.79 Å². The zero-order valence-electron chi connectivity index (χ0n) is 33.7. The molecular weight excluding hydrogens is 938 g/mol. The molecule has 12 nitrogen and oxygen atoms in total. The molecule has 0 bridgehead atoms. The van der Waals surface area contributed by atoms with E-state index in [1.165, 1.54) is 6.07 Å².